The zero-order valence-electron chi connectivity index (χ0n) is 14.1. The second-order valence-corrected chi connectivity index (χ2v) is 8.51. The van der Waals surface area contributed by atoms with Crippen molar-refractivity contribution < 1.29 is 17.6 Å². The van der Waals surface area contributed by atoms with Crippen LogP contribution in [0.1, 0.15) is 24.2 Å². The van der Waals surface area contributed by atoms with Gasteiger partial charge in [0.1, 0.15) is 5.82 Å². The fourth-order valence-electron chi connectivity index (χ4n) is 2.33. The van der Waals surface area contributed by atoms with E-state index in [2.05, 4.69) is 21.2 Å². The molecule has 0 heterocycles. The molecule has 5 nitrogen and oxygen atoms in total. The molecule has 0 aliphatic carbocycles. The lowest BCUT2D eigenvalue weighted by atomic mass is 10.2. The van der Waals surface area contributed by atoms with Gasteiger partial charge >= 0.3 is 0 Å². The van der Waals surface area contributed by atoms with E-state index in [-0.39, 0.29) is 21.2 Å². The molecule has 2 aromatic carbocycles. The molecule has 0 atom stereocenters. The third kappa shape index (κ3) is 4.43. The Hall–Kier alpha value is -1.48. The molecule has 0 aliphatic rings. The van der Waals surface area contributed by atoms with Gasteiger partial charge in [-0.25, -0.2) is 12.8 Å². The van der Waals surface area contributed by atoms with E-state index >= 15 is 0 Å². The fourth-order valence-corrected chi connectivity index (χ4v) is 4.46. The van der Waals surface area contributed by atoms with Crippen LogP contribution in [0, 0.1) is 5.82 Å². The first kappa shape index (κ1) is 20.8. The molecule has 9 heteroatoms. The van der Waals surface area contributed by atoms with Gasteiger partial charge in [0.05, 0.1) is 21.2 Å². The van der Waals surface area contributed by atoms with Gasteiger partial charge < -0.3 is 5.32 Å². The molecule has 0 spiro atoms. The molecule has 0 fully saturated rings. The van der Waals surface area contributed by atoms with Crippen LogP contribution in [0.3, 0.4) is 0 Å². The predicted octanol–water partition coefficient (Wildman–Crippen LogP) is 4.52. The molecule has 2 rings (SSSR count). The van der Waals surface area contributed by atoms with Gasteiger partial charge in [0.2, 0.25) is 10.0 Å². The van der Waals surface area contributed by atoms with Crippen molar-refractivity contribution in [2.75, 3.05) is 18.4 Å². The SMILES string of the molecule is CCN(CC)S(=O)(=O)c1ccc(Br)c(C(=O)Nc2ccc(F)cc2Cl)c1. The summed E-state index contributed by atoms with van der Waals surface area (Å²) in [5.41, 5.74) is 0.348. The third-order valence-electron chi connectivity index (χ3n) is 3.70. The molecule has 0 saturated heterocycles. The van der Waals surface area contributed by atoms with Gasteiger partial charge in [-0.15, -0.1) is 0 Å². The van der Waals surface area contributed by atoms with Gasteiger partial charge in [0, 0.05) is 17.6 Å². The number of nitrogens with one attached hydrogen (secondary N) is 1. The normalized spacial score (nSPS) is 11.6. The van der Waals surface area contributed by atoms with E-state index in [0.29, 0.717) is 17.6 Å². The van der Waals surface area contributed by atoms with Crippen LogP contribution in [0.4, 0.5) is 10.1 Å². The maximum atomic E-state index is 13.1. The molecule has 0 aromatic heterocycles. The minimum atomic E-state index is -3.70. The molecule has 2 aromatic rings. The summed E-state index contributed by atoms with van der Waals surface area (Å²) < 4.78 is 40.1. The highest BCUT2D eigenvalue weighted by atomic mass is 79.9. The topological polar surface area (TPSA) is 66.5 Å². The van der Waals surface area contributed by atoms with E-state index in [9.17, 15) is 17.6 Å². The molecular weight excluding hydrogens is 447 g/mol. The summed E-state index contributed by atoms with van der Waals surface area (Å²) in [7, 11) is -3.70. The number of benzene rings is 2. The molecule has 140 valence electrons. The van der Waals surface area contributed by atoms with Crippen molar-refractivity contribution in [1.82, 2.24) is 4.31 Å². The van der Waals surface area contributed by atoms with E-state index < -0.39 is 21.7 Å². The van der Waals surface area contributed by atoms with Crippen molar-refractivity contribution in [1.29, 1.82) is 0 Å². The zero-order chi connectivity index (χ0) is 19.5. The highest BCUT2D eigenvalue weighted by Gasteiger charge is 2.24. The maximum Gasteiger partial charge on any atom is 0.256 e. The summed E-state index contributed by atoms with van der Waals surface area (Å²) in [5.74, 6) is -1.09. The Morgan fingerprint density at radius 3 is 2.42 bits per heavy atom. The van der Waals surface area contributed by atoms with Crippen molar-refractivity contribution >= 4 is 49.1 Å². The summed E-state index contributed by atoms with van der Waals surface area (Å²) in [4.78, 5) is 12.6. The monoisotopic (exact) mass is 462 g/mol. The highest BCUT2D eigenvalue weighted by Crippen LogP contribution is 2.27. The number of hydrogen-bond acceptors (Lipinski definition) is 3. The van der Waals surface area contributed by atoms with Gasteiger partial charge in [-0.2, -0.15) is 4.31 Å². The second-order valence-electron chi connectivity index (χ2n) is 5.31. The molecule has 0 radical (unpaired) electrons. The van der Waals surface area contributed by atoms with Gasteiger partial charge in [-0.05, 0) is 52.3 Å². The van der Waals surface area contributed by atoms with Crippen molar-refractivity contribution in [3.63, 3.8) is 0 Å². The lowest BCUT2D eigenvalue weighted by Gasteiger charge is -2.19. The molecule has 0 saturated carbocycles. The smallest absolute Gasteiger partial charge is 0.256 e. The molecule has 0 aliphatic heterocycles. The van der Waals surface area contributed by atoms with E-state index in [4.69, 9.17) is 11.6 Å². The average Bonchev–Trinajstić information content (AvgIpc) is 2.58. The fraction of sp³-hybridized carbons (Fsp3) is 0.235. The number of carbonyl (C=O) groups is 1. The predicted molar refractivity (Wildman–Crippen MR) is 104 cm³/mol. The summed E-state index contributed by atoms with van der Waals surface area (Å²) >= 11 is 9.17. The Morgan fingerprint density at radius 2 is 1.85 bits per heavy atom. The van der Waals surface area contributed by atoms with Crippen LogP contribution in [0.15, 0.2) is 45.8 Å². The highest BCUT2D eigenvalue weighted by molar-refractivity contribution is 9.10. The number of hydrogen-bond donors (Lipinski definition) is 1. The van der Waals surface area contributed by atoms with E-state index in [0.717, 1.165) is 12.1 Å². The van der Waals surface area contributed by atoms with Gasteiger partial charge in [0.25, 0.3) is 5.91 Å². The third-order valence-corrected chi connectivity index (χ3v) is 6.76. The Morgan fingerprint density at radius 1 is 1.19 bits per heavy atom. The van der Waals surface area contributed by atoms with Gasteiger partial charge in [-0.3, -0.25) is 4.79 Å². The second kappa shape index (κ2) is 8.47. The Kier molecular flexibility index (Phi) is 6.79. The Labute approximate surface area is 165 Å². The van der Waals surface area contributed by atoms with Crippen molar-refractivity contribution in [2.24, 2.45) is 0 Å². The number of halogens is 3. The number of rotatable bonds is 6. The van der Waals surface area contributed by atoms with E-state index in [1.54, 1.807) is 13.8 Å². The first-order valence-corrected chi connectivity index (χ1v) is 10.4. The molecule has 0 unspecified atom stereocenters. The van der Waals surface area contributed by atoms with Gasteiger partial charge in [0.15, 0.2) is 0 Å². The summed E-state index contributed by atoms with van der Waals surface area (Å²) in [6.45, 7) is 4.12. The van der Waals surface area contributed by atoms with E-state index in [1.165, 1.54) is 28.6 Å². The van der Waals surface area contributed by atoms with Crippen LogP contribution in [0.5, 0.6) is 0 Å². The van der Waals surface area contributed by atoms with Crippen LogP contribution in [-0.2, 0) is 10.0 Å². The van der Waals surface area contributed by atoms with E-state index in [1.807, 2.05) is 0 Å². The largest absolute Gasteiger partial charge is 0.321 e. The van der Waals surface area contributed by atoms with Crippen LogP contribution in [0.25, 0.3) is 0 Å². The van der Waals surface area contributed by atoms with Crippen molar-refractivity contribution in [3.8, 4) is 0 Å². The number of carbonyl (C=O) groups excluding carboxylic acids is 1. The molecular formula is C17H17BrClFN2O3S. The maximum absolute atomic E-state index is 13.1. The average molecular weight is 464 g/mol. The molecule has 1 amide bonds. The standard InChI is InChI=1S/C17H17BrClFN2O3S/c1-3-22(4-2)26(24,25)12-6-7-14(18)13(10-12)17(23)21-16-8-5-11(20)9-15(16)19/h5-10H,3-4H2,1-2H3,(H,21,23). The lowest BCUT2D eigenvalue weighted by molar-refractivity contribution is 0.102. The first-order chi connectivity index (χ1) is 12.2. The molecule has 0 bridgehead atoms. The van der Waals surface area contributed by atoms with Crippen LogP contribution >= 0.6 is 27.5 Å². The molecule has 26 heavy (non-hydrogen) atoms. The summed E-state index contributed by atoms with van der Waals surface area (Å²) in [6.07, 6.45) is 0. The lowest BCUT2D eigenvalue weighted by Crippen LogP contribution is -2.30. The van der Waals surface area contributed by atoms with Crippen LogP contribution in [-0.4, -0.2) is 31.7 Å². The first-order valence-electron chi connectivity index (χ1n) is 7.76. The Bertz CT molecular complexity index is 934. The Balaban J connectivity index is 2.39. The van der Waals surface area contributed by atoms with Crippen molar-refractivity contribution in [3.05, 3.63) is 57.3 Å². The zero-order valence-corrected chi connectivity index (χ0v) is 17.3. The number of sulfonamides is 1. The number of anilines is 1. The summed E-state index contributed by atoms with van der Waals surface area (Å²) in [6, 6.07) is 7.80. The molecule has 1 N–H and O–H groups in total. The quantitative estimate of drug-likeness (QED) is 0.685. The van der Waals surface area contributed by atoms with Crippen molar-refractivity contribution in [2.45, 2.75) is 18.7 Å². The summed E-state index contributed by atoms with van der Waals surface area (Å²) in [5, 5.41) is 2.60. The van der Waals surface area contributed by atoms with Crippen LogP contribution in [0.2, 0.25) is 5.02 Å². The van der Waals surface area contributed by atoms with Gasteiger partial charge in [-0.1, -0.05) is 25.4 Å². The number of nitrogens with zero attached hydrogens (tertiary/aromatic N) is 1. The minimum Gasteiger partial charge on any atom is -0.321 e. The minimum absolute atomic E-state index is 0.0137. The van der Waals surface area contributed by atoms with Crippen LogP contribution < -0.4 is 5.32 Å². The number of amides is 1.